The zero-order valence-electron chi connectivity index (χ0n) is 11.5. The summed E-state index contributed by atoms with van der Waals surface area (Å²) in [4.78, 5) is 0. The average Bonchev–Trinajstić information content (AvgIpc) is 2.44. The molecule has 0 saturated carbocycles. The Bertz CT molecular complexity index is 287. The fourth-order valence-electron chi connectivity index (χ4n) is 1.79. The third-order valence-corrected chi connectivity index (χ3v) is 13.1. The quantitative estimate of drug-likeness (QED) is 0.470. The van der Waals surface area contributed by atoms with Crippen molar-refractivity contribution in [3.05, 3.63) is 0 Å². The second kappa shape index (κ2) is 12.9. The average molecular weight is 466 g/mol. The molecule has 0 bridgehead atoms. The Morgan fingerprint density at radius 2 is 1.90 bits per heavy atom. The molecule has 126 valence electrons. The van der Waals surface area contributed by atoms with Gasteiger partial charge in [-0.1, -0.05) is 35.7 Å². The van der Waals surface area contributed by atoms with Crippen molar-refractivity contribution >= 4 is 76.1 Å². The normalized spacial score (nSPS) is 32.7. The van der Waals surface area contributed by atoms with E-state index >= 15 is 0 Å². The van der Waals surface area contributed by atoms with Crippen LogP contribution in [0.3, 0.4) is 0 Å². The van der Waals surface area contributed by atoms with Gasteiger partial charge in [0.1, 0.15) is 18.3 Å². The number of hydrogen-bond acceptors (Lipinski definition) is 5. The molecule has 1 fully saturated rings. The maximum absolute atomic E-state index is 6.08. The first-order valence-electron chi connectivity index (χ1n) is 6.02. The fraction of sp³-hybridized carbons (Fsp3) is 1.00. The highest BCUT2D eigenvalue weighted by molar-refractivity contribution is 8.59. The van der Waals surface area contributed by atoms with Crippen LogP contribution in [0, 0.1) is 0 Å². The lowest BCUT2D eigenvalue weighted by Crippen LogP contribution is -2.55. The number of hydrogen-bond donors (Lipinski definition) is 0. The van der Waals surface area contributed by atoms with E-state index in [0.717, 1.165) is 0 Å². The van der Waals surface area contributed by atoms with Crippen LogP contribution in [0.25, 0.3) is 0 Å². The van der Waals surface area contributed by atoms with E-state index in [4.69, 9.17) is 23.0 Å². The van der Waals surface area contributed by atoms with E-state index < -0.39 is 21.3 Å². The van der Waals surface area contributed by atoms with Crippen molar-refractivity contribution in [1.29, 1.82) is 0 Å². The van der Waals surface area contributed by atoms with E-state index in [2.05, 4.69) is 44.6 Å². The summed E-state index contributed by atoms with van der Waals surface area (Å²) in [6.45, 7) is 2.97. The Kier molecular flexibility index (Phi) is 14.0. The number of rotatable bonds is 9. The van der Waals surface area contributed by atoms with E-state index in [-0.39, 0.29) is 26.8 Å². The lowest BCUT2D eigenvalue weighted by atomic mass is 10.1. The molecule has 21 heavy (non-hydrogen) atoms. The molecule has 12 atom stereocenters. The predicted octanol–water partition coefficient (Wildman–Crippen LogP) is 4.47. The summed E-state index contributed by atoms with van der Waals surface area (Å²) in [5.74, 6) is 0. The molecule has 12 unspecified atom stereocenters. The minimum absolute atomic E-state index is 0.143. The third kappa shape index (κ3) is 8.27. The fourth-order valence-corrected chi connectivity index (χ4v) is 6.18. The summed E-state index contributed by atoms with van der Waals surface area (Å²) < 4.78 is 29.4. The van der Waals surface area contributed by atoms with Crippen LogP contribution in [-0.2, 0) is 23.0 Å². The Hall–Kier alpha value is 3.67. The molecule has 1 aliphatic rings. The van der Waals surface area contributed by atoms with Crippen LogP contribution in [0.15, 0.2) is 0 Å². The van der Waals surface area contributed by atoms with Crippen molar-refractivity contribution in [3.8, 4) is 0 Å². The molecular weight excluding hydrogens is 443 g/mol. The monoisotopic (exact) mass is 466 g/mol. The van der Waals surface area contributed by atoms with Gasteiger partial charge in [-0.3, -0.25) is 0 Å². The van der Waals surface area contributed by atoms with Crippen molar-refractivity contribution in [2.24, 2.45) is 0 Å². The van der Waals surface area contributed by atoms with Gasteiger partial charge in [0, 0.05) is 15.1 Å². The molecule has 5 nitrogen and oxygen atoms in total. The summed E-state index contributed by atoms with van der Waals surface area (Å²) in [5, 5.41) is 0. The van der Waals surface area contributed by atoms with Crippen LogP contribution in [-0.4, -0.2) is 37.8 Å². The highest BCUT2D eigenvalue weighted by Crippen LogP contribution is 2.68. The molecule has 0 aromatic carbocycles. The smallest absolute Gasteiger partial charge is 0.186 e. The minimum atomic E-state index is -0.689. The van der Waals surface area contributed by atoms with Gasteiger partial charge in [0.15, 0.2) is 6.29 Å². The summed E-state index contributed by atoms with van der Waals surface area (Å²) in [5.41, 5.74) is 0. The van der Waals surface area contributed by atoms with Crippen molar-refractivity contribution in [1.82, 2.24) is 0 Å². The summed E-state index contributed by atoms with van der Waals surface area (Å²) in [7, 11) is 13.1. The maximum atomic E-state index is 6.08. The Labute approximate surface area is 144 Å². The van der Waals surface area contributed by atoms with E-state index in [1.54, 1.807) is 0 Å². The molecule has 1 aliphatic heterocycles. The Balaban J connectivity index is 2.83. The van der Waals surface area contributed by atoms with Gasteiger partial charge in [-0.25, -0.2) is 0 Å². The minimum Gasteiger partial charge on any atom is -0.350 e. The topological polar surface area (TPSA) is 46.2 Å². The highest BCUT2D eigenvalue weighted by Gasteiger charge is 2.44. The van der Waals surface area contributed by atoms with Gasteiger partial charge in [0.05, 0.1) is 21.7 Å². The molecule has 1 rings (SSSR count). The van der Waals surface area contributed by atoms with Gasteiger partial charge in [-0.15, -0.1) is 8.93 Å². The van der Waals surface area contributed by atoms with Crippen molar-refractivity contribution in [2.75, 3.05) is 13.2 Å². The van der Waals surface area contributed by atoms with Crippen molar-refractivity contribution in [2.45, 2.75) is 31.5 Å². The molecule has 0 aliphatic carbocycles. The van der Waals surface area contributed by atoms with E-state index in [9.17, 15) is 0 Å². The van der Waals surface area contributed by atoms with Gasteiger partial charge < -0.3 is 23.0 Å². The SMILES string of the molecule is CCOC1OCC(OP(P)PP)C(OP(P)P)C1OPP. The second-order valence-corrected chi connectivity index (χ2v) is 19.3. The molecule has 0 aromatic rings. The Morgan fingerprint density at radius 1 is 1.19 bits per heavy atom. The molecular formula is C7H23O5P9. The number of ether oxygens (including phenoxy) is 2. The largest absolute Gasteiger partial charge is 0.350 e. The van der Waals surface area contributed by atoms with Crippen LogP contribution in [0.5, 0.6) is 0 Å². The van der Waals surface area contributed by atoms with Crippen molar-refractivity contribution in [3.63, 3.8) is 0 Å². The maximum Gasteiger partial charge on any atom is 0.186 e. The molecule has 0 aromatic heterocycles. The van der Waals surface area contributed by atoms with Crippen LogP contribution in [0.1, 0.15) is 6.92 Å². The van der Waals surface area contributed by atoms with Gasteiger partial charge >= 0.3 is 0 Å². The van der Waals surface area contributed by atoms with Crippen LogP contribution in [0.4, 0.5) is 0 Å². The molecule has 14 heteroatoms. The molecule has 1 saturated heterocycles. The first-order chi connectivity index (χ1) is 10.0. The standard InChI is InChI=1S/C7H23O5P9/c1-2-8-7-6(10-18-13)5(12-20(15)16)4(3-9-7)11-21(17)19-14/h4-7,18-19H,2-3,13-17H2,1H3. The van der Waals surface area contributed by atoms with Gasteiger partial charge in [-0.05, 0) is 14.9 Å². The first-order valence-corrected chi connectivity index (χ1v) is 19.8. The highest BCUT2D eigenvalue weighted by atomic mass is 32.6. The van der Waals surface area contributed by atoms with Gasteiger partial charge in [-0.2, -0.15) is 0 Å². The van der Waals surface area contributed by atoms with Crippen LogP contribution < -0.4 is 0 Å². The second-order valence-electron chi connectivity index (χ2n) is 3.89. The summed E-state index contributed by atoms with van der Waals surface area (Å²) >= 11 is 0. The zero-order chi connectivity index (χ0) is 15.8. The molecule has 1 heterocycles. The summed E-state index contributed by atoms with van der Waals surface area (Å²) in [6.07, 6.45) is -1.04. The van der Waals surface area contributed by atoms with Crippen molar-refractivity contribution < 1.29 is 23.0 Å². The molecule has 0 amide bonds. The summed E-state index contributed by atoms with van der Waals surface area (Å²) in [6, 6.07) is 0. The Morgan fingerprint density at radius 3 is 2.43 bits per heavy atom. The lowest BCUT2D eigenvalue weighted by molar-refractivity contribution is -0.249. The molecule has 0 N–H and O–H groups in total. The lowest BCUT2D eigenvalue weighted by Gasteiger charge is -2.42. The first kappa shape index (κ1) is 22.7. The van der Waals surface area contributed by atoms with E-state index in [0.29, 0.717) is 21.2 Å². The predicted molar refractivity (Wildman–Crippen MR) is 115 cm³/mol. The molecule has 0 radical (unpaired) electrons. The van der Waals surface area contributed by atoms with Crippen LogP contribution >= 0.6 is 76.1 Å². The zero-order valence-corrected chi connectivity index (χ0v) is 21.1. The van der Waals surface area contributed by atoms with E-state index in [1.807, 2.05) is 6.92 Å². The third-order valence-electron chi connectivity index (χ3n) is 2.54. The van der Waals surface area contributed by atoms with E-state index in [1.165, 1.54) is 0 Å². The van der Waals surface area contributed by atoms with Crippen LogP contribution in [0.2, 0.25) is 0 Å². The van der Waals surface area contributed by atoms with Gasteiger partial charge in [0.2, 0.25) is 0 Å². The van der Waals surface area contributed by atoms with Gasteiger partial charge in [0.25, 0.3) is 0 Å². The molecule has 0 spiro atoms.